The van der Waals surface area contributed by atoms with Crippen molar-refractivity contribution < 1.29 is 28.5 Å². The summed E-state index contributed by atoms with van der Waals surface area (Å²) in [5.74, 6) is -1.50. The molecule has 8 heteroatoms. The molecule has 0 aliphatic carbocycles. The Labute approximate surface area is 205 Å². The Morgan fingerprint density at radius 2 is 1.74 bits per heavy atom. The quantitative estimate of drug-likeness (QED) is 0.531. The highest BCUT2D eigenvalue weighted by Gasteiger charge is 2.33. The van der Waals surface area contributed by atoms with Gasteiger partial charge in [-0.1, -0.05) is 44.2 Å². The van der Waals surface area contributed by atoms with E-state index in [1.807, 2.05) is 44.2 Å². The lowest BCUT2D eigenvalue weighted by atomic mass is 10.0. The van der Waals surface area contributed by atoms with E-state index in [1.54, 1.807) is 0 Å². The van der Waals surface area contributed by atoms with Crippen molar-refractivity contribution in [2.75, 3.05) is 13.1 Å². The van der Waals surface area contributed by atoms with E-state index in [9.17, 15) is 23.6 Å². The number of carbonyl (C=O) groups excluding carboxylic acids is 4. The van der Waals surface area contributed by atoms with Gasteiger partial charge in [-0.15, -0.1) is 0 Å². The normalized spacial score (nSPS) is 19.0. The maximum atomic E-state index is 13.2. The number of halogens is 1. The van der Waals surface area contributed by atoms with Crippen LogP contribution in [-0.4, -0.2) is 48.7 Å². The predicted octanol–water partition coefficient (Wildman–Crippen LogP) is 1.47. The van der Waals surface area contributed by atoms with E-state index in [4.69, 9.17) is 0 Å². The Morgan fingerprint density at radius 1 is 1.06 bits per heavy atom. The lowest BCUT2D eigenvalue weighted by Crippen LogP contribution is -3.15. The maximum Gasteiger partial charge on any atom is 0.316 e. The van der Waals surface area contributed by atoms with Gasteiger partial charge in [0.2, 0.25) is 11.7 Å². The molecule has 3 atom stereocenters. The van der Waals surface area contributed by atoms with Crippen LogP contribution in [0.3, 0.4) is 0 Å². The second kappa shape index (κ2) is 12.4. The Hall–Kier alpha value is -3.39. The molecule has 1 aliphatic rings. The van der Waals surface area contributed by atoms with E-state index in [-0.39, 0.29) is 36.1 Å². The summed E-state index contributed by atoms with van der Waals surface area (Å²) < 4.78 is 13.2. The van der Waals surface area contributed by atoms with E-state index >= 15 is 0 Å². The van der Waals surface area contributed by atoms with Crippen LogP contribution in [-0.2, 0) is 20.8 Å². The molecule has 1 fully saturated rings. The van der Waals surface area contributed by atoms with Crippen molar-refractivity contribution in [3.63, 3.8) is 0 Å². The standard InChI is InChI=1S/C27H32FN3O4/c1-18(2)15-23(30-26(34)20-10-12-21(28)13-11-20)27(35)29-22-9-6-14-31(17-24(22)32)25(33)16-19-7-4-3-5-8-19/h3-5,7-8,10-13,18,22-23H,6,9,14-17H2,1-2H3,(H,29,35)(H,30,34)/p+1. The Kier molecular flexibility index (Phi) is 9.25. The van der Waals surface area contributed by atoms with Crippen LogP contribution < -0.4 is 15.5 Å². The molecule has 0 bridgehead atoms. The summed E-state index contributed by atoms with van der Waals surface area (Å²) in [6, 6.07) is 12.9. The first-order valence-corrected chi connectivity index (χ1v) is 12.0. The molecule has 0 saturated carbocycles. The minimum Gasteiger partial charge on any atom is -0.344 e. The summed E-state index contributed by atoms with van der Waals surface area (Å²) in [7, 11) is 0. The molecule has 0 radical (unpaired) electrons. The number of quaternary nitrogens is 1. The number of amides is 3. The Balaban J connectivity index is 1.61. The molecule has 0 aromatic heterocycles. The average molecular weight is 483 g/mol. The van der Waals surface area contributed by atoms with Gasteiger partial charge >= 0.3 is 5.91 Å². The zero-order chi connectivity index (χ0) is 25.4. The lowest BCUT2D eigenvalue weighted by molar-refractivity contribution is -0.811. The van der Waals surface area contributed by atoms with Gasteiger partial charge < -0.3 is 10.6 Å². The van der Waals surface area contributed by atoms with Crippen LogP contribution in [0.15, 0.2) is 54.6 Å². The molecule has 3 rings (SSSR count). The molecule has 35 heavy (non-hydrogen) atoms. The fraction of sp³-hybridized carbons (Fsp3) is 0.407. The second-order valence-electron chi connectivity index (χ2n) is 9.45. The third kappa shape index (κ3) is 7.82. The maximum absolute atomic E-state index is 13.2. The van der Waals surface area contributed by atoms with E-state index in [0.29, 0.717) is 30.7 Å². The van der Waals surface area contributed by atoms with Gasteiger partial charge in [-0.25, -0.2) is 9.18 Å². The van der Waals surface area contributed by atoms with Gasteiger partial charge in [0.15, 0.2) is 0 Å². The molecular weight excluding hydrogens is 449 g/mol. The number of hydrogen-bond donors (Lipinski definition) is 3. The van der Waals surface area contributed by atoms with Gasteiger partial charge in [0.1, 0.15) is 18.4 Å². The average Bonchev–Trinajstić information content (AvgIpc) is 3.00. The highest BCUT2D eigenvalue weighted by atomic mass is 19.1. The van der Waals surface area contributed by atoms with Crippen LogP contribution in [0.2, 0.25) is 0 Å². The molecule has 3 N–H and O–H groups in total. The molecule has 3 unspecified atom stereocenters. The minimum atomic E-state index is -0.841. The second-order valence-corrected chi connectivity index (χ2v) is 9.45. The molecule has 1 heterocycles. The van der Waals surface area contributed by atoms with Crippen molar-refractivity contribution in [1.82, 2.24) is 10.6 Å². The number of rotatable bonds is 8. The highest BCUT2D eigenvalue weighted by Crippen LogP contribution is 2.10. The number of likely N-dealkylation sites (tertiary alicyclic amines) is 1. The van der Waals surface area contributed by atoms with Crippen LogP contribution in [0.5, 0.6) is 0 Å². The predicted molar refractivity (Wildman–Crippen MR) is 129 cm³/mol. The van der Waals surface area contributed by atoms with Gasteiger partial charge in [-0.3, -0.25) is 19.3 Å². The summed E-state index contributed by atoms with van der Waals surface area (Å²) in [4.78, 5) is 52.0. The van der Waals surface area contributed by atoms with Crippen LogP contribution in [0.25, 0.3) is 0 Å². The summed E-state index contributed by atoms with van der Waals surface area (Å²) in [5.41, 5.74) is 1.15. The van der Waals surface area contributed by atoms with Gasteiger partial charge in [-0.2, -0.15) is 0 Å². The molecule has 0 spiro atoms. The van der Waals surface area contributed by atoms with Crippen LogP contribution in [0, 0.1) is 11.7 Å². The van der Waals surface area contributed by atoms with Gasteiger partial charge in [0.25, 0.3) is 5.91 Å². The monoisotopic (exact) mass is 482 g/mol. The summed E-state index contributed by atoms with van der Waals surface area (Å²) in [5, 5.41) is 5.52. The van der Waals surface area contributed by atoms with E-state index in [1.165, 1.54) is 24.3 Å². The van der Waals surface area contributed by atoms with Gasteiger partial charge in [0.05, 0.1) is 19.0 Å². The summed E-state index contributed by atoms with van der Waals surface area (Å²) >= 11 is 0. The number of carbonyl (C=O) groups is 4. The zero-order valence-electron chi connectivity index (χ0n) is 20.2. The molecule has 1 saturated heterocycles. The number of hydrogen-bond acceptors (Lipinski definition) is 4. The number of nitrogens with one attached hydrogen (secondary N) is 3. The molecular formula is C27H33FN3O4+. The third-order valence-corrected chi connectivity index (χ3v) is 6.10. The fourth-order valence-corrected chi connectivity index (χ4v) is 4.22. The van der Waals surface area contributed by atoms with Crippen molar-refractivity contribution in [3.8, 4) is 0 Å². The Bertz CT molecular complexity index is 1040. The van der Waals surface area contributed by atoms with Crippen molar-refractivity contribution >= 4 is 23.5 Å². The van der Waals surface area contributed by atoms with E-state index in [2.05, 4.69) is 10.6 Å². The van der Waals surface area contributed by atoms with Crippen LogP contribution >= 0.6 is 0 Å². The number of ketones is 1. The van der Waals surface area contributed by atoms with Gasteiger partial charge in [-0.05, 0) is 55.0 Å². The van der Waals surface area contributed by atoms with Crippen molar-refractivity contribution in [2.45, 2.75) is 51.6 Å². The van der Waals surface area contributed by atoms with Crippen LogP contribution in [0.4, 0.5) is 4.39 Å². The highest BCUT2D eigenvalue weighted by molar-refractivity contribution is 5.98. The topological polar surface area (TPSA) is 96.8 Å². The van der Waals surface area contributed by atoms with E-state index < -0.39 is 29.7 Å². The number of benzene rings is 2. The SMILES string of the molecule is CC(C)CC(NC(=O)c1ccc(F)cc1)C(=O)NC1CCC[NH+](C(=O)Cc2ccccc2)CC1=O. The minimum absolute atomic E-state index is 0.0212. The van der Waals surface area contributed by atoms with Crippen molar-refractivity contribution in [2.24, 2.45) is 5.92 Å². The molecule has 2 aromatic carbocycles. The first-order chi connectivity index (χ1) is 16.7. The smallest absolute Gasteiger partial charge is 0.316 e. The van der Waals surface area contributed by atoms with E-state index in [0.717, 1.165) is 5.56 Å². The first-order valence-electron chi connectivity index (χ1n) is 12.0. The molecule has 186 valence electrons. The molecule has 1 aliphatic heterocycles. The third-order valence-electron chi connectivity index (χ3n) is 6.10. The Morgan fingerprint density at radius 3 is 2.40 bits per heavy atom. The largest absolute Gasteiger partial charge is 0.344 e. The van der Waals surface area contributed by atoms with Crippen molar-refractivity contribution in [3.05, 3.63) is 71.5 Å². The fourth-order valence-electron chi connectivity index (χ4n) is 4.22. The van der Waals surface area contributed by atoms with Crippen LogP contribution in [0.1, 0.15) is 49.0 Å². The first kappa shape index (κ1) is 26.2. The summed E-state index contributed by atoms with van der Waals surface area (Å²) in [6.45, 7) is 4.41. The summed E-state index contributed by atoms with van der Waals surface area (Å²) in [6.07, 6.45) is 1.69. The molecule has 2 aromatic rings. The lowest BCUT2D eigenvalue weighted by Gasteiger charge is -2.23. The van der Waals surface area contributed by atoms with Gasteiger partial charge in [0, 0.05) is 5.56 Å². The zero-order valence-corrected chi connectivity index (χ0v) is 20.2. The molecule has 3 amide bonds. The van der Waals surface area contributed by atoms with Crippen molar-refractivity contribution in [1.29, 1.82) is 0 Å². The molecule has 7 nitrogen and oxygen atoms in total. The number of Topliss-reactive ketones (excluding diaryl/α,β-unsaturated/α-hetero) is 1.